The van der Waals surface area contributed by atoms with E-state index in [0.29, 0.717) is 30.5 Å². The normalized spacial score (nSPS) is 32.0. The molecule has 2 saturated heterocycles. The maximum atomic E-state index is 12.5. The number of hydrogen-bond donors (Lipinski definition) is 1. The minimum absolute atomic E-state index is 0.167. The van der Waals surface area contributed by atoms with Gasteiger partial charge in [0.2, 0.25) is 11.8 Å². The maximum Gasteiger partial charge on any atom is 0.265 e. The summed E-state index contributed by atoms with van der Waals surface area (Å²) in [5, 5.41) is 0. The largest absolute Gasteiger partial charge is 0.365 e. The molecule has 3 aliphatic rings. The summed E-state index contributed by atoms with van der Waals surface area (Å²) in [6, 6.07) is 0. The predicted molar refractivity (Wildman–Crippen MR) is 84.4 cm³/mol. The summed E-state index contributed by atoms with van der Waals surface area (Å²) >= 11 is 0. The van der Waals surface area contributed by atoms with Crippen LogP contribution in [-0.2, 0) is 24.4 Å². The Morgan fingerprint density at radius 1 is 1.12 bits per heavy atom. The van der Waals surface area contributed by atoms with Crippen molar-refractivity contribution in [1.29, 1.82) is 0 Å². The molecule has 0 spiro atoms. The van der Waals surface area contributed by atoms with Crippen molar-refractivity contribution in [2.75, 3.05) is 39.5 Å². The lowest BCUT2D eigenvalue weighted by molar-refractivity contribution is -0.889. The third-order valence-electron chi connectivity index (χ3n) is 5.10. The summed E-state index contributed by atoms with van der Waals surface area (Å²) in [6.45, 7) is 1.37. The van der Waals surface area contributed by atoms with E-state index in [0.717, 1.165) is 0 Å². The predicted octanol–water partition coefficient (Wildman–Crippen LogP) is -0.721. The molecule has 8 nitrogen and oxygen atoms in total. The van der Waals surface area contributed by atoms with Gasteiger partial charge in [0.05, 0.1) is 63.5 Å². The summed E-state index contributed by atoms with van der Waals surface area (Å²) in [7, 11) is -0.146. The average molecular weight is 359 g/mol. The molecular weight excluding hydrogens is 336 g/mol. The number of quaternary nitrogens is 1. The Morgan fingerprint density at radius 3 is 2.17 bits per heavy atom. The number of likely N-dealkylation sites (tertiary alicyclic amines) is 1. The van der Waals surface area contributed by atoms with Crippen LogP contribution in [0.5, 0.6) is 0 Å². The molecule has 1 N–H and O–H groups in total. The van der Waals surface area contributed by atoms with Gasteiger partial charge in [-0.2, -0.15) is 8.42 Å². The zero-order valence-corrected chi connectivity index (χ0v) is 14.6. The first kappa shape index (κ1) is 17.5. The molecule has 3 aliphatic heterocycles. The summed E-state index contributed by atoms with van der Waals surface area (Å²) in [5.74, 6) is -1.39. The SMILES string of the molecule is C[N+](C)(CCCS(=O)(=O)O)CCN1C(=O)[C@@H]2[C@H](C1=O)[C@H]1C=C[C@@H]2O1. The van der Waals surface area contributed by atoms with E-state index in [4.69, 9.17) is 9.29 Å². The van der Waals surface area contributed by atoms with Gasteiger partial charge in [-0.15, -0.1) is 0 Å². The molecule has 3 heterocycles. The highest BCUT2D eigenvalue weighted by atomic mass is 32.2. The molecule has 24 heavy (non-hydrogen) atoms. The fourth-order valence-electron chi connectivity index (χ4n) is 3.74. The number of likely N-dealkylation sites (N-methyl/N-ethyl adjacent to an activating group) is 1. The summed E-state index contributed by atoms with van der Waals surface area (Å²) in [5.41, 5.74) is 0. The zero-order chi connectivity index (χ0) is 17.7. The minimum Gasteiger partial charge on any atom is -0.365 e. The van der Waals surface area contributed by atoms with Gasteiger partial charge in [0, 0.05) is 6.42 Å². The van der Waals surface area contributed by atoms with E-state index in [2.05, 4.69) is 0 Å². The van der Waals surface area contributed by atoms with Gasteiger partial charge in [-0.3, -0.25) is 19.0 Å². The smallest absolute Gasteiger partial charge is 0.265 e. The zero-order valence-electron chi connectivity index (χ0n) is 13.8. The molecule has 2 bridgehead atoms. The molecule has 134 valence electrons. The Hall–Kier alpha value is -1.29. The van der Waals surface area contributed by atoms with Crippen LogP contribution in [0.4, 0.5) is 0 Å². The van der Waals surface area contributed by atoms with Crippen molar-refractivity contribution in [3.05, 3.63) is 12.2 Å². The van der Waals surface area contributed by atoms with E-state index in [9.17, 15) is 18.0 Å². The molecule has 2 fully saturated rings. The number of carbonyl (C=O) groups excluding carboxylic acids is 2. The molecule has 0 aliphatic carbocycles. The molecule has 0 aromatic carbocycles. The monoisotopic (exact) mass is 359 g/mol. The standard InChI is InChI=1S/C15H22N2O6S/c1-17(2,7-3-9-24(20,21)22)8-6-16-14(18)12-10-4-5-11(23-10)13(12)15(16)19/h4-5,10-13H,3,6-9H2,1-2H3/p+1/t10-,11+,12-,13+. The first-order valence-electron chi connectivity index (χ1n) is 8.05. The van der Waals surface area contributed by atoms with E-state index in [1.54, 1.807) is 0 Å². The van der Waals surface area contributed by atoms with Gasteiger partial charge in [-0.1, -0.05) is 12.2 Å². The summed E-state index contributed by atoms with van der Waals surface area (Å²) < 4.78 is 36.4. The molecule has 9 heteroatoms. The van der Waals surface area contributed by atoms with Gasteiger partial charge in [0.15, 0.2) is 0 Å². The van der Waals surface area contributed by atoms with Gasteiger partial charge in [-0.25, -0.2) is 0 Å². The van der Waals surface area contributed by atoms with Crippen molar-refractivity contribution in [2.24, 2.45) is 11.8 Å². The Morgan fingerprint density at radius 2 is 1.67 bits per heavy atom. The average Bonchev–Trinajstić information content (AvgIpc) is 3.10. The van der Waals surface area contributed by atoms with E-state index in [1.807, 2.05) is 26.2 Å². The number of fused-ring (bicyclic) bond motifs is 5. The molecule has 0 unspecified atom stereocenters. The van der Waals surface area contributed by atoms with Crippen LogP contribution in [0.1, 0.15) is 6.42 Å². The first-order chi connectivity index (χ1) is 11.1. The molecule has 0 aromatic heterocycles. The van der Waals surface area contributed by atoms with Crippen LogP contribution in [0.3, 0.4) is 0 Å². The van der Waals surface area contributed by atoms with Crippen LogP contribution in [0.15, 0.2) is 12.2 Å². The molecule has 3 rings (SSSR count). The van der Waals surface area contributed by atoms with Crippen molar-refractivity contribution in [3.63, 3.8) is 0 Å². The lowest BCUT2D eigenvalue weighted by atomic mass is 9.85. The summed E-state index contributed by atoms with van der Waals surface area (Å²) in [6.07, 6.45) is 3.48. The van der Waals surface area contributed by atoms with Crippen molar-refractivity contribution in [2.45, 2.75) is 18.6 Å². The number of hydrogen-bond acceptors (Lipinski definition) is 5. The van der Waals surface area contributed by atoms with Crippen molar-refractivity contribution < 1.29 is 31.8 Å². The molecular formula is C15H23N2O6S+. The van der Waals surface area contributed by atoms with Crippen LogP contribution in [0, 0.1) is 11.8 Å². The Kier molecular flexibility index (Phi) is 4.31. The van der Waals surface area contributed by atoms with E-state index < -0.39 is 10.1 Å². The topological polar surface area (TPSA) is 101 Å². The van der Waals surface area contributed by atoms with Crippen LogP contribution < -0.4 is 0 Å². The van der Waals surface area contributed by atoms with Crippen molar-refractivity contribution in [3.8, 4) is 0 Å². The molecule has 0 aromatic rings. The second-order valence-electron chi connectivity index (χ2n) is 7.35. The number of rotatable bonds is 7. The maximum absolute atomic E-state index is 12.5. The van der Waals surface area contributed by atoms with Crippen LogP contribution in [-0.4, -0.2) is 85.9 Å². The van der Waals surface area contributed by atoms with E-state index in [-0.39, 0.29) is 41.6 Å². The number of imide groups is 1. The fraction of sp³-hybridized carbons (Fsp3) is 0.733. The van der Waals surface area contributed by atoms with Gasteiger partial charge < -0.3 is 9.22 Å². The first-order valence-corrected chi connectivity index (χ1v) is 9.66. The van der Waals surface area contributed by atoms with Gasteiger partial charge >= 0.3 is 0 Å². The van der Waals surface area contributed by atoms with Gasteiger partial charge in [-0.05, 0) is 0 Å². The lowest BCUT2D eigenvalue weighted by Gasteiger charge is -2.31. The third-order valence-corrected chi connectivity index (χ3v) is 5.90. The Balaban J connectivity index is 1.55. The highest BCUT2D eigenvalue weighted by Crippen LogP contribution is 2.44. The third kappa shape index (κ3) is 3.26. The van der Waals surface area contributed by atoms with Crippen molar-refractivity contribution >= 4 is 21.9 Å². The lowest BCUT2D eigenvalue weighted by Crippen LogP contribution is -2.48. The number of amides is 2. The molecule has 4 atom stereocenters. The molecule has 0 saturated carbocycles. The number of carbonyl (C=O) groups is 2. The fourth-order valence-corrected chi connectivity index (χ4v) is 4.24. The van der Waals surface area contributed by atoms with Crippen LogP contribution in [0.2, 0.25) is 0 Å². The Labute approximate surface area is 141 Å². The highest BCUT2D eigenvalue weighted by Gasteiger charge is 2.60. The highest BCUT2D eigenvalue weighted by molar-refractivity contribution is 7.85. The van der Waals surface area contributed by atoms with Crippen LogP contribution in [0.25, 0.3) is 0 Å². The van der Waals surface area contributed by atoms with Gasteiger partial charge in [0.25, 0.3) is 10.1 Å². The van der Waals surface area contributed by atoms with Gasteiger partial charge in [0.1, 0.15) is 0 Å². The van der Waals surface area contributed by atoms with Crippen LogP contribution >= 0.6 is 0 Å². The minimum atomic E-state index is -3.96. The quantitative estimate of drug-likeness (QED) is 0.279. The second kappa shape index (κ2) is 5.91. The van der Waals surface area contributed by atoms with Crippen molar-refractivity contribution in [1.82, 2.24) is 4.90 Å². The van der Waals surface area contributed by atoms with E-state index in [1.165, 1.54) is 4.90 Å². The molecule has 0 radical (unpaired) electrons. The number of nitrogens with zero attached hydrogens (tertiary/aromatic N) is 2. The Bertz CT molecular complexity index is 656. The van der Waals surface area contributed by atoms with E-state index >= 15 is 0 Å². The molecule has 2 amide bonds. The summed E-state index contributed by atoms with van der Waals surface area (Å²) in [4.78, 5) is 26.4. The number of ether oxygens (including phenoxy) is 1. The second-order valence-corrected chi connectivity index (χ2v) is 8.92.